The number of carboxylic acid groups (broad SMARTS) is 1. The summed E-state index contributed by atoms with van der Waals surface area (Å²) in [6, 6.07) is 16.4. The molecule has 3 N–H and O–H groups in total. The average Bonchev–Trinajstić information content (AvgIpc) is 3.08. The maximum Gasteiger partial charge on any atom is 0.407 e. The molecule has 3 rings (SSSR count). The Morgan fingerprint density at radius 2 is 1.58 bits per heavy atom. The van der Waals surface area contributed by atoms with E-state index >= 15 is 0 Å². The van der Waals surface area contributed by atoms with E-state index in [1.165, 1.54) is 22.3 Å². The van der Waals surface area contributed by atoms with Gasteiger partial charge in [-0.2, -0.15) is 0 Å². The van der Waals surface area contributed by atoms with Crippen LogP contribution in [0.2, 0.25) is 0 Å². The van der Waals surface area contributed by atoms with Crippen molar-refractivity contribution in [3.8, 4) is 11.1 Å². The number of nitrogens with one attached hydrogen (secondary N) is 2. The topological polar surface area (TPSA) is 105 Å². The van der Waals surface area contributed by atoms with Crippen LogP contribution in [-0.2, 0) is 14.3 Å². The van der Waals surface area contributed by atoms with E-state index in [-0.39, 0.29) is 43.7 Å². The molecule has 0 heterocycles. The van der Waals surface area contributed by atoms with Crippen molar-refractivity contribution in [3.05, 3.63) is 59.7 Å². The highest BCUT2D eigenvalue weighted by molar-refractivity contribution is 5.79. The highest BCUT2D eigenvalue weighted by Crippen LogP contribution is 2.44. The van der Waals surface area contributed by atoms with Crippen LogP contribution in [0.4, 0.5) is 4.79 Å². The Hall–Kier alpha value is -3.35. The van der Waals surface area contributed by atoms with Gasteiger partial charge in [-0.3, -0.25) is 9.59 Å². The number of carbonyl (C=O) groups excluding carboxylic acids is 2. The molecule has 1 aliphatic carbocycles. The normalized spacial score (nSPS) is 13.1. The Morgan fingerprint density at radius 3 is 2.19 bits per heavy atom. The molecule has 0 bridgehead atoms. The van der Waals surface area contributed by atoms with Crippen molar-refractivity contribution in [2.75, 3.05) is 19.7 Å². The van der Waals surface area contributed by atoms with Crippen molar-refractivity contribution in [1.82, 2.24) is 10.6 Å². The zero-order chi connectivity index (χ0) is 22.2. The number of ether oxygens (including phenoxy) is 1. The third-order valence-electron chi connectivity index (χ3n) is 5.46. The van der Waals surface area contributed by atoms with Crippen LogP contribution in [0.1, 0.15) is 43.2 Å². The van der Waals surface area contributed by atoms with E-state index in [0.29, 0.717) is 13.0 Å². The highest BCUT2D eigenvalue weighted by atomic mass is 16.5. The van der Waals surface area contributed by atoms with Crippen molar-refractivity contribution >= 4 is 18.0 Å². The van der Waals surface area contributed by atoms with Crippen LogP contribution in [0.15, 0.2) is 48.5 Å². The Bertz CT molecular complexity index is 898. The van der Waals surface area contributed by atoms with Crippen LogP contribution >= 0.6 is 0 Å². The molecule has 1 aliphatic rings. The maximum atomic E-state index is 12.2. The summed E-state index contributed by atoms with van der Waals surface area (Å²) in [4.78, 5) is 34.4. The average molecular weight is 424 g/mol. The van der Waals surface area contributed by atoms with Gasteiger partial charge in [0.2, 0.25) is 5.91 Å². The highest BCUT2D eigenvalue weighted by Gasteiger charge is 2.28. The standard InChI is InChI=1S/C24H28N2O5/c1-16(10-11-22(27)25-13-12-23(28)29)14-26-24(30)31-15-21-19-8-4-2-6-17(19)18-7-3-5-9-20(18)21/h2-9,16,21H,10-15H2,1H3,(H,25,27)(H,26,30)(H,28,29). The molecular formula is C24H28N2O5. The van der Waals surface area contributed by atoms with Gasteiger partial charge in [-0.15, -0.1) is 0 Å². The van der Waals surface area contributed by atoms with Crippen LogP contribution in [0.25, 0.3) is 11.1 Å². The van der Waals surface area contributed by atoms with E-state index in [9.17, 15) is 14.4 Å². The summed E-state index contributed by atoms with van der Waals surface area (Å²) in [6.45, 7) is 2.73. The summed E-state index contributed by atoms with van der Waals surface area (Å²) in [7, 11) is 0. The summed E-state index contributed by atoms with van der Waals surface area (Å²) >= 11 is 0. The molecule has 7 nitrogen and oxygen atoms in total. The molecule has 31 heavy (non-hydrogen) atoms. The zero-order valence-electron chi connectivity index (χ0n) is 17.6. The largest absolute Gasteiger partial charge is 0.481 e. The van der Waals surface area contributed by atoms with Crippen LogP contribution in [-0.4, -0.2) is 42.8 Å². The number of carboxylic acids is 1. The lowest BCUT2D eigenvalue weighted by Gasteiger charge is -2.16. The van der Waals surface area contributed by atoms with Gasteiger partial charge in [0.15, 0.2) is 0 Å². The number of fused-ring (bicyclic) bond motifs is 3. The van der Waals surface area contributed by atoms with Crippen molar-refractivity contribution in [2.45, 2.75) is 32.1 Å². The number of alkyl carbamates (subject to hydrolysis) is 1. The number of hydrogen-bond donors (Lipinski definition) is 3. The third-order valence-corrected chi connectivity index (χ3v) is 5.46. The first kappa shape index (κ1) is 22.3. The predicted octanol–water partition coefficient (Wildman–Crippen LogP) is 3.53. The van der Waals surface area contributed by atoms with E-state index in [0.717, 1.165) is 0 Å². The summed E-state index contributed by atoms with van der Waals surface area (Å²) in [5.74, 6) is -1.02. The fourth-order valence-electron chi connectivity index (χ4n) is 3.78. The molecule has 0 saturated carbocycles. The van der Waals surface area contributed by atoms with Crippen LogP contribution < -0.4 is 10.6 Å². The number of rotatable bonds is 10. The molecule has 1 unspecified atom stereocenters. The molecule has 2 amide bonds. The molecule has 164 valence electrons. The van der Waals surface area contributed by atoms with Gasteiger partial charge in [0.1, 0.15) is 6.61 Å². The molecular weight excluding hydrogens is 396 g/mol. The lowest BCUT2D eigenvalue weighted by atomic mass is 9.98. The second-order valence-electron chi connectivity index (χ2n) is 7.84. The minimum atomic E-state index is -0.944. The van der Waals surface area contributed by atoms with Crippen molar-refractivity contribution in [1.29, 1.82) is 0 Å². The molecule has 7 heteroatoms. The number of amides is 2. The van der Waals surface area contributed by atoms with E-state index < -0.39 is 12.1 Å². The summed E-state index contributed by atoms with van der Waals surface area (Å²) in [6.07, 6.45) is 0.306. The Kier molecular flexibility index (Phi) is 7.65. The molecule has 2 aromatic rings. The van der Waals surface area contributed by atoms with Crippen molar-refractivity contribution in [2.24, 2.45) is 5.92 Å². The molecule has 0 radical (unpaired) electrons. The van der Waals surface area contributed by atoms with Crippen molar-refractivity contribution in [3.63, 3.8) is 0 Å². The van der Waals surface area contributed by atoms with Gasteiger partial charge in [0.25, 0.3) is 0 Å². The van der Waals surface area contributed by atoms with Crippen molar-refractivity contribution < 1.29 is 24.2 Å². The Morgan fingerprint density at radius 1 is 0.968 bits per heavy atom. The fourth-order valence-corrected chi connectivity index (χ4v) is 3.78. The van der Waals surface area contributed by atoms with Gasteiger partial charge in [0.05, 0.1) is 6.42 Å². The van der Waals surface area contributed by atoms with Crippen LogP contribution in [0, 0.1) is 5.92 Å². The van der Waals surface area contributed by atoms with Gasteiger partial charge in [-0.05, 0) is 34.6 Å². The SMILES string of the molecule is CC(CCC(=O)NCCC(=O)O)CNC(=O)OCC1c2ccccc2-c2ccccc21. The Labute approximate surface area is 181 Å². The molecule has 1 atom stereocenters. The third kappa shape index (κ3) is 6.07. The van der Waals surface area contributed by atoms with Crippen LogP contribution in [0.3, 0.4) is 0 Å². The number of carbonyl (C=O) groups is 3. The first-order chi connectivity index (χ1) is 15.0. The van der Waals surface area contributed by atoms with E-state index in [4.69, 9.17) is 9.84 Å². The maximum absolute atomic E-state index is 12.2. The molecule has 2 aromatic carbocycles. The zero-order valence-corrected chi connectivity index (χ0v) is 17.6. The first-order valence-corrected chi connectivity index (χ1v) is 10.5. The van der Waals surface area contributed by atoms with Gasteiger partial charge < -0.3 is 20.5 Å². The van der Waals surface area contributed by atoms with E-state index in [1.807, 2.05) is 31.2 Å². The predicted molar refractivity (Wildman–Crippen MR) is 117 cm³/mol. The number of aliphatic carboxylic acids is 1. The number of benzene rings is 2. The van der Waals surface area contributed by atoms with E-state index in [2.05, 4.69) is 34.9 Å². The Balaban J connectivity index is 1.41. The number of hydrogen-bond acceptors (Lipinski definition) is 4. The van der Waals surface area contributed by atoms with Gasteiger partial charge in [0, 0.05) is 25.4 Å². The minimum absolute atomic E-state index is 0.0186. The second kappa shape index (κ2) is 10.6. The lowest BCUT2D eigenvalue weighted by molar-refractivity contribution is -0.136. The molecule has 0 fully saturated rings. The monoisotopic (exact) mass is 424 g/mol. The van der Waals surface area contributed by atoms with Gasteiger partial charge in [-0.1, -0.05) is 55.5 Å². The fraction of sp³-hybridized carbons (Fsp3) is 0.375. The second-order valence-corrected chi connectivity index (χ2v) is 7.84. The summed E-state index contributed by atoms with van der Waals surface area (Å²) in [5, 5.41) is 13.9. The smallest absolute Gasteiger partial charge is 0.407 e. The molecule has 0 saturated heterocycles. The van der Waals surface area contributed by atoms with Gasteiger partial charge >= 0.3 is 12.1 Å². The summed E-state index contributed by atoms with van der Waals surface area (Å²) in [5.41, 5.74) is 4.70. The molecule has 0 aromatic heterocycles. The minimum Gasteiger partial charge on any atom is -0.481 e. The summed E-state index contributed by atoms with van der Waals surface area (Å²) < 4.78 is 5.51. The van der Waals surface area contributed by atoms with E-state index in [1.54, 1.807) is 0 Å². The first-order valence-electron chi connectivity index (χ1n) is 10.5. The quantitative estimate of drug-likeness (QED) is 0.541. The van der Waals surface area contributed by atoms with Crippen LogP contribution in [0.5, 0.6) is 0 Å². The van der Waals surface area contributed by atoms with Gasteiger partial charge in [-0.25, -0.2) is 4.79 Å². The molecule has 0 spiro atoms. The molecule has 0 aliphatic heterocycles. The lowest BCUT2D eigenvalue weighted by Crippen LogP contribution is -2.31.